The average Bonchev–Trinajstić information content (AvgIpc) is 2.36. The van der Waals surface area contributed by atoms with Crippen molar-refractivity contribution in [3.63, 3.8) is 0 Å². The Labute approximate surface area is 133 Å². The Bertz CT molecular complexity index is 747. The van der Waals surface area contributed by atoms with E-state index in [0.29, 0.717) is 11.4 Å². The number of sulfone groups is 1. The van der Waals surface area contributed by atoms with Gasteiger partial charge >= 0.3 is 16.4 Å². The Morgan fingerprint density at radius 2 is 1.91 bits per heavy atom. The van der Waals surface area contributed by atoms with Crippen LogP contribution in [0.4, 0.5) is 16.2 Å². The van der Waals surface area contributed by atoms with E-state index in [1.54, 1.807) is 18.2 Å². The topological polar surface area (TPSA) is 165 Å². The van der Waals surface area contributed by atoms with Crippen LogP contribution in [-0.4, -0.2) is 52.1 Å². The number of nitrogen functional groups attached to an aromatic ring is 1. The van der Waals surface area contributed by atoms with E-state index in [1.807, 2.05) is 0 Å². The summed E-state index contributed by atoms with van der Waals surface area (Å²) >= 11 is 0. The molecule has 0 aromatic heterocycles. The van der Waals surface area contributed by atoms with Gasteiger partial charge in [-0.05, 0) is 18.2 Å². The molecule has 5 N–H and O–H groups in total. The molecule has 23 heavy (non-hydrogen) atoms. The monoisotopic (exact) mass is 367 g/mol. The second kappa shape index (κ2) is 8.10. The number of amides is 2. The second-order valence-corrected chi connectivity index (χ2v) is 7.80. The first-order chi connectivity index (χ1) is 10.6. The van der Waals surface area contributed by atoms with Crippen LogP contribution in [0, 0.1) is 0 Å². The molecule has 0 aliphatic rings. The summed E-state index contributed by atoms with van der Waals surface area (Å²) in [4.78, 5) is 11.6. The average molecular weight is 367 g/mol. The lowest BCUT2D eigenvalue weighted by molar-refractivity contribution is 0.252. The van der Waals surface area contributed by atoms with Gasteiger partial charge in [-0.3, -0.25) is 4.55 Å². The van der Waals surface area contributed by atoms with E-state index in [1.165, 1.54) is 6.07 Å². The molecule has 0 aliphatic carbocycles. The van der Waals surface area contributed by atoms with Gasteiger partial charge in [0.1, 0.15) is 0 Å². The van der Waals surface area contributed by atoms with E-state index < -0.39 is 44.4 Å². The Morgan fingerprint density at radius 3 is 2.52 bits per heavy atom. The molecule has 1 aromatic rings. The fourth-order valence-corrected chi connectivity index (χ4v) is 2.83. The summed E-state index contributed by atoms with van der Waals surface area (Å²) in [5, 5.41) is 4.81. The maximum Gasteiger partial charge on any atom is 0.397 e. The van der Waals surface area contributed by atoms with Gasteiger partial charge in [0.25, 0.3) is 0 Å². The molecule has 0 fully saturated rings. The Hall–Kier alpha value is -1.89. The van der Waals surface area contributed by atoms with Gasteiger partial charge in [-0.1, -0.05) is 6.07 Å². The number of carbonyl (C=O) groups is 1. The van der Waals surface area contributed by atoms with Gasteiger partial charge < -0.3 is 16.4 Å². The number of urea groups is 1. The molecule has 0 saturated heterocycles. The number of benzene rings is 1. The van der Waals surface area contributed by atoms with Gasteiger partial charge in [-0.15, -0.1) is 0 Å². The lowest BCUT2D eigenvalue weighted by Gasteiger charge is -2.08. The maximum atomic E-state index is 11.6. The van der Waals surface area contributed by atoms with Crippen molar-refractivity contribution in [1.29, 1.82) is 0 Å². The van der Waals surface area contributed by atoms with Crippen molar-refractivity contribution in [3.05, 3.63) is 24.3 Å². The van der Waals surface area contributed by atoms with E-state index in [0.717, 1.165) is 0 Å². The van der Waals surface area contributed by atoms with E-state index in [2.05, 4.69) is 14.8 Å². The quantitative estimate of drug-likeness (QED) is 0.357. The second-order valence-electron chi connectivity index (χ2n) is 4.41. The third-order valence-electron chi connectivity index (χ3n) is 2.47. The predicted octanol–water partition coefficient (Wildman–Crippen LogP) is -0.375. The van der Waals surface area contributed by atoms with Gasteiger partial charge in [0.2, 0.25) is 0 Å². The summed E-state index contributed by atoms with van der Waals surface area (Å²) < 4.78 is 55.9. The molecule has 0 radical (unpaired) electrons. The van der Waals surface area contributed by atoms with Crippen molar-refractivity contribution in [3.8, 4) is 0 Å². The third kappa shape index (κ3) is 8.97. The fourth-order valence-electron chi connectivity index (χ4n) is 1.48. The number of rotatable bonds is 8. The number of hydrogen-bond acceptors (Lipinski definition) is 7. The van der Waals surface area contributed by atoms with E-state index in [4.69, 9.17) is 10.3 Å². The van der Waals surface area contributed by atoms with Crippen molar-refractivity contribution >= 4 is 37.6 Å². The van der Waals surface area contributed by atoms with Gasteiger partial charge in [0.05, 0.1) is 18.1 Å². The largest absolute Gasteiger partial charge is 0.399 e. The van der Waals surface area contributed by atoms with E-state index in [9.17, 15) is 21.6 Å². The van der Waals surface area contributed by atoms with Crippen molar-refractivity contribution in [2.24, 2.45) is 0 Å². The van der Waals surface area contributed by atoms with E-state index in [-0.39, 0.29) is 6.54 Å². The highest BCUT2D eigenvalue weighted by atomic mass is 32.3. The zero-order chi connectivity index (χ0) is 17.5. The van der Waals surface area contributed by atoms with E-state index >= 15 is 0 Å². The summed E-state index contributed by atoms with van der Waals surface area (Å²) in [5.41, 5.74) is 6.46. The van der Waals surface area contributed by atoms with Crippen LogP contribution >= 0.6 is 0 Å². The van der Waals surface area contributed by atoms with Crippen LogP contribution in [-0.2, 0) is 24.4 Å². The predicted molar refractivity (Wildman–Crippen MR) is 84.0 cm³/mol. The first-order valence-electron chi connectivity index (χ1n) is 6.30. The summed E-state index contributed by atoms with van der Waals surface area (Å²) in [6, 6.07) is 5.82. The molecule has 12 heteroatoms. The van der Waals surface area contributed by atoms with Crippen molar-refractivity contribution in [2.75, 3.05) is 35.7 Å². The summed E-state index contributed by atoms with van der Waals surface area (Å²) in [5.74, 6) is -1.02. The molecule has 0 bridgehead atoms. The molecular weight excluding hydrogens is 350 g/mol. The number of nitrogens with two attached hydrogens (primary N) is 1. The standard InChI is InChI=1S/C11H17N3O7S2/c12-9-2-1-3-10(8-9)14-11(15)13-4-6-22(16,17)7-5-21-23(18,19)20/h1-3,8H,4-7,12H2,(H2,13,14,15)(H,18,19,20). The van der Waals surface area contributed by atoms with Gasteiger partial charge in [0.15, 0.2) is 9.84 Å². The van der Waals surface area contributed by atoms with Crippen molar-refractivity contribution < 1.29 is 30.4 Å². The van der Waals surface area contributed by atoms with Crippen LogP contribution < -0.4 is 16.4 Å². The highest BCUT2D eigenvalue weighted by Crippen LogP contribution is 2.11. The summed E-state index contributed by atoms with van der Waals surface area (Å²) in [7, 11) is -8.32. The lowest BCUT2D eigenvalue weighted by Crippen LogP contribution is -2.33. The number of hydrogen-bond donors (Lipinski definition) is 4. The highest BCUT2D eigenvalue weighted by Gasteiger charge is 2.14. The molecule has 0 unspecified atom stereocenters. The minimum Gasteiger partial charge on any atom is -0.399 e. The molecular formula is C11H17N3O7S2. The van der Waals surface area contributed by atoms with Crippen LogP contribution in [0.15, 0.2) is 24.3 Å². The number of nitrogens with one attached hydrogen (secondary N) is 2. The van der Waals surface area contributed by atoms with Gasteiger partial charge in [-0.25, -0.2) is 17.4 Å². The molecule has 10 nitrogen and oxygen atoms in total. The molecule has 0 saturated carbocycles. The van der Waals surface area contributed by atoms with Crippen LogP contribution in [0.3, 0.4) is 0 Å². The number of carbonyl (C=O) groups excluding carboxylic acids is 1. The zero-order valence-electron chi connectivity index (χ0n) is 11.9. The van der Waals surface area contributed by atoms with Crippen LogP contribution in [0.2, 0.25) is 0 Å². The first-order valence-corrected chi connectivity index (χ1v) is 9.49. The number of anilines is 2. The van der Waals surface area contributed by atoms with Gasteiger partial charge in [-0.2, -0.15) is 8.42 Å². The Morgan fingerprint density at radius 1 is 1.22 bits per heavy atom. The molecule has 0 heterocycles. The van der Waals surface area contributed by atoms with Crippen LogP contribution in [0.1, 0.15) is 0 Å². The molecule has 0 aliphatic heterocycles. The molecule has 1 rings (SSSR count). The van der Waals surface area contributed by atoms with Crippen molar-refractivity contribution in [1.82, 2.24) is 5.32 Å². The lowest BCUT2D eigenvalue weighted by atomic mass is 10.3. The fraction of sp³-hybridized carbons (Fsp3) is 0.364. The Kier molecular flexibility index (Phi) is 6.75. The third-order valence-corrected chi connectivity index (χ3v) is 4.55. The molecule has 0 atom stereocenters. The smallest absolute Gasteiger partial charge is 0.397 e. The highest BCUT2D eigenvalue weighted by molar-refractivity contribution is 7.91. The minimum absolute atomic E-state index is 0.178. The van der Waals surface area contributed by atoms with Crippen LogP contribution in [0.25, 0.3) is 0 Å². The zero-order valence-corrected chi connectivity index (χ0v) is 13.6. The minimum atomic E-state index is -4.67. The maximum absolute atomic E-state index is 11.6. The molecule has 1 aromatic carbocycles. The molecule has 0 spiro atoms. The van der Waals surface area contributed by atoms with Crippen molar-refractivity contribution in [2.45, 2.75) is 0 Å². The Balaban J connectivity index is 2.33. The van der Waals surface area contributed by atoms with Crippen LogP contribution in [0.5, 0.6) is 0 Å². The summed E-state index contributed by atoms with van der Waals surface area (Å²) in [6.07, 6.45) is 0. The SMILES string of the molecule is Nc1cccc(NC(=O)NCCS(=O)(=O)CCOS(=O)(=O)O)c1. The normalized spacial score (nSPS) is 11.9. The molecule has 2 amide bonds. The summed E-state index contributed by atoms with van der Waals surface area (Å²) in [6.45, 7) is -0.876. The first kappa shape index (κ1) is 19.2. The molecule has 130 valence electrons. The van der Waals surface area contributed by atoms with Gasteiger partial charge in [0, 0.05) is 17.9 Å².